The Labute approximate surface area is 166 Å². The summed E-state index contributed by atoms with van der Waals surface area (Å²) in [6, 6.07) is 11.3. The van der Waals surface area contributed by atoms with Crippen LogP contribution < -0.4 is 15.4 Å². The lowest BCUT2D eigenvalue weighted by Crippen LogP contribution is -2.31. The molecule has 2 amide bonds. The van der Waals surface area contributed by atoms with Crippen LogP contribution in [-0.4, -0.2) is 38.3 Å². The molecule has 0 saturated carbocycles. The van der Waals surface area contributed by atoms with Gasteiger partial charge in [0.2, 0.25) is 0 Å². The van der Waals surface area contributed by atoms with E-state index >= 15 is 0 Å². The van der Waals surface area contributed by atoms with Crippen molar-refractivity contribution in [2.45, 2.75) is 13.0 Å². The molecule has 1 atom stereocenters. The second-order valence-electron chi connectivity index (χ2n) is 6.38. The van der Waals surface area contributed by atoms with Crippen LogP contribution in [-0.2, 0) is 0 Å². The fourth-order valence-corrected chi connectivity index (χ4v) is 2.92. The average molecular weight is 389 g/mol. The number of amides is 2. The summed E-state index contributed by atoms with van der Waals surface area (Å²) in [5.41, 5.74) is 3.15. The Morgan fingerprint density at radius 3 is 2.59 bits per heavy atom. The second-order valence-corrected chi connectivity index (χ2v) is 6.38. The van der Waals surface area contributed by atoms with Crippen LogP contribution >= 0.6 is 0 Å². The highest BCUT2D eigenvalue weighted by atomic mass is 16.5. The first kappa shape index (κ1) is 18.4. The van der Waals surface area contributed by atoms with Crippen LogP contribution in [0.2, 0.25) is 0 Å². The van der Waals surface area contributed by atoms with Crippen molar-refractivity contribution >= 4 is 22.8 Å². The summed E-state index contributed by atoms with van der Waals surface area (Å²) in [5, 5.41) is 13.7. The minimum absolute atomic E-state index is 0.131. The van der Waals surface area contributed by atoms with Crippen molar-refractivity contribution in [2.75, 3.05) is 12.4 Å². The molecular weight excluding hydrogens is 370 g/mol. The average Bonchev–Trinajstić information content (AvgIpc) is 3.17. The van der Waals surface area contributed by atoms with Crippen LogP contribution in [0.3, 0.4) is 0 Å². The van der Waals surface area contributed by atoms with Gasteiger partial charge in [-0.1, -0.05) is 30.3 Å². The highest BCUT2D eigenvalue weighted by molar-refractivity contribution is 5.95. The lowest BCUT2D eigenvalue weighted by Gasteiger charge is -2.14. The van der Waals surface area contributed by atoms with Gasteiger partial charge in [0, 0.05) is 35.6 Å². The predicted molar refractivity (Wildman–Crippen MR) is 108 cm³/mol. The minimum Gasteiger partial charge on any atom is -0.467 e. The molecule has 4 aromatic rings. The number of pyridine rings is 1. The number of methoxy groups -OCH3 is 1. The Morgan fingerprint density at radius 1 is 1.10 bits per heavy atom. The number of hydrogen-bond acceptors (Lipinski definition) is 6. The number of benzene rings is 1. The number of fused-ring (bicyclic) bond motifs is 1. The van der Waals surface area contributed by atoms with E-state index in [0.29, 0.717) is 11.5 Å². The smallest absolute Gasteiger partial charge is 0.320 e. The number of urea groups is 1. The number of ether oxygens (including phenoxy) is 1. The highest BCUT2D eigenvalue weighted by Crippen LogP contribution is 2.26. The van der Waals surface area contributed by atoms with Gasteiger partial charge in [0.15, 0.2) is 0 Å². The zero-order chi connectivity index (χ0) is 20.2. The van der Waals surface area contributed by atoms with Crippen LogP contribution in [0.5, 0.6) is 6.01 Å². The standard InChI is InChI=1S/C20H19N7O2/c1-12(13-6-4-3-5-7-13)24-19(28)25-17-8-16-15(11-21-17)18(27-26-16)14-9-22-20(29-2)23-10-14/h3-12H,1-2H3,(H,26,27)(H2,21,24,25,28)/t12-/m1/s1. The maximum atomic E-state index is 12.3. The quantitative estimate of drug-likeness (QED) is 0.482. The molecule has 0 unspecified atom stereocenters. The molecule has 0 radical (unpaired) electrons. The zero-order valence-electron chi connectivity index (χ0n) is 15.9. The van der Waals surface area contributed by atoms with Gasteiger partial charge >= 0.3 is 12.0 Å². The first-order chi connectivity index (χ1) is 14.1. The second kappa shape index (κ2) is 7.93. The van der Waals surface area contributed by atoms with Gasteiger partial charge in [0.1, 0.15) is 11.5 Å². The van der Waals surface area contributed by atoms with E-state index in [1.54, 1.807) is 24.7 Å². The van der Waals surface area contributed by atoms with E-state index in [2.05, 4.69) is 35.8 Å². The number of aromatic amines is 1. The first-order valence-electron chi connectivity index (χ1n) is 8.97. The summed E-state index contributed by atoms with van der Waals surface area (Å²) < 4.78 is 4.97. The number of aromatic nitrogens is 5. The Bertz CT molecular complexity index is 1130. The summed E-state index contributed by atoms with van der Waals surface area (Å²) >= 11 is 0. The van der Waals surface area contributed by atoms with E-state index in [4.69, 9.17) is 4.74 Å². The van der Waals surface area contributed by atoms with E-state index < -0.39 is 0 Å². The number of anilines is 1. The molecular formula is C20H19N7O2. The summed E-state index contributed by atoms with van der Waals surface area (Å²) in [7, 11) is 1.51. The van der Waals surface area contributed by atoms with Crippen molar-refractivity contribution < 1.29 is 9.53 Å². The molecule has 29 heavy (non-hydrogen) atoms. The summed E-state index contributed by atoms with van der Waals surface area (Å²) in [6.07, 6.45) is 4.91. The number of carbonyl (C=O) groups excluding carboxylic acids is 1. The number of nitrogens with zero attached hydrogens (tertiary/aromatic N) is 4. The van der Waals surface area contributed by atoms with E-state index in [1.165, 1.54) is 7.11 Å². The predicted octanol–water partition coefficient (Wildman–Crippen LogP) is 3.31. The molecule has 0 fully saturated rings. The van der Waals surface area contributed by atoms with E-state index in [1.807, 2.05) is 37.3 Å². The number of rotatable bonds is 5. The molecule has 3 heterocycles. The molecule has 4 rings (SSSR count). The maximum Gasteiger partial charge on any atom is 0.320 e. The fourth-order valence-electron chi connectivity index (χ4n) is 2.92. The monoisotopic (exact) mass is 389 g/mol. The third-order valence-electron chi connectivity index (χ3n) is 4.42. The molecule has 0 spiro atoms. The normalized spacial score (nSPS) is 11.8. The molecule has 146 valence electrons. The Morgan fingerprint density at radius 2 is 1.86 bits per heavy atom. The molecule has 0 aliphatic rings. The number of hydrogen-bond donors (Lipinski definition) is 3. The van der Waals surface area contributed by atoms with Crippen LogP contribution in [0.25, 0.3) is 22.2 Å². The molecule has 9 heteroatoms. The van der Waals surface area contributed by atoms with Gasteiger partial charge in [-0.05, 0) is 12.5 Å². The molecule has 1 aromatic carbocycles. The van der Waals surface area contributed by atoms with Crippen molar-refractivity contribution in [3.63, 3.8) is 0 Å². The Balaban J connectivity index is 1.48. The van der Waals surface area contributed by atoms with Gasteiger partial charge < -0.3 is 10.1 Å². The number of carbonyl (C=O) groups is 1. The maximum absolute atomic E-state index is 12.3. The SMILES string of the molecule is COc1ncc(-c2n[nH]c3cc(NC(=O)N[C@H](C)c4ccccc4)ncc23)cn1. The molecule has 0 aliphatic carbocycles. The fraction of sp³-hybridized carbons (Fsp3) is 0.150. The van der Waals surface area contributed by atoms with Crippen molar-refractivity contribution in [3.05, 3.63) is 60.6 Å². The van der Waals surface area contributed by atoms with Crippen LogP contribution in [0.4, 0.5) is 10.6 Å². The Hall–Kier alpha value is -4.01. The molecule has 0 saturated heterocycles. The van der Waals surface area contributed by atoms with Crippen molar-refractivity contribution in [1.82, 2.24) is 30.5 Å². The van der Waals surface area contributed by atoms with Crippen LogP contribution in [0.15, 0.2) is 55.0 Å². The molecule has 3 N–H and O–H groups in total. The van der Waals surface area contributed by atoms with Gasteiger partial charge in [-0.3, -0.25) is 10.4 Å². The van der Waals surface area contributed by atoms with Crippen LogP contribution in [0.1, 0.15) is 18.5 Å². The third kappa shape index (κ3) is 3.98. The van der Waals surface area contributed by atoms with Crippen LogP contribution in [0, 0.1) is 0 Å². The van der Waals surface area contributed by atoms with Gasteiger partial charge in [-0.15, -0.1) is 0 Å². The highest BCUT2D eigenvalue weighted by Gasteiger charge is 2.13. The zero-order valence-corrected chi connectivity index (χ0v) is 15.9. The summed E-state index contributed by atoms with van der Waals surface area (Å²) in [5.74, 6) is 0.413. The largest absolute Gasteiger partial charge is 0.467 e. The lowest BCUT2D eigenvalue weighted by molar-refractivity contribution is 0.249. The first-order valence-corrected chi connectivity index (χ1v) is 8.97. The van der Waals surface area contributed by atoms with Crippen molar-refractivity contribution in [3.8, 4) is 17.3 Å². The summed E-state index contributed by atoms with van der Waals surface area (Å²) in [4.78, 5) is 24.8. The van der Waals surface area contributed by atoms with Gasteiger partial charge in [0.05, 0.1) is 18.7 Å². The topological polar surface area (TPSA) is 118 Å². The van der Waals surface area contributed by atoms with E-state index in [-0.39, 0.29) is 18.1 Å². The molecule has 0 aliphatic heterocycles. The van der Waals surface area contributed by atoms with Crippen molar-refractivity contribution in [1.29, 1.82) is 0 Å². The third-order valence-corrected chi connectivity index (χ3v) is 4.42. The number of H-pyrrole nitrogens is 1. The van der Waals surface area contributed by atoms with Gasteiger partial charge in [-0.2, -0.15) is 5.10 Å². The van der Waals surface area contributed by atoms with E-state index in [9.17, 15) is 4.79 Å². The molecule has 9 nitrogen and oxygen atoms in total. The Kier molecular flexibility index (Phi) is 5.02. The number of nitrogens with one attached hydrogen (secondary N) is 3. The van der Waals surface area contributed by atoms with E-state index in [0.717, 1.165) is 22.0 Å². The summed E-state index contributed by atoms with van der Waals surface area (Å²) in [6.45, 7) is 1.92. The lowest BCUT2D eigenvalue weighted by atomic mass is 10.1. The van der Waals surface area contributed by atoms with Gasteiger partial charge in [0.25, 0.3) is 0 Å². The minimum atomic E-state index is -0.337. The van der Waals surface area contributed by atoms with Crippen molar-refractivity contribution in [2.24, 2.45) is 0 Å². The molecule has 0 bridgehead atoms. The van der Waals surface area contributed by atoms with Gasteiger partial charge in [-0.25, -0.2) is 19.7 Å². The molecule has 3 aromatic heterocycles.